The number of nitrogens with zero attached hydrogens (tertiary/aromatic N) is 4. The number of Topliss-reactive ketones (excluding diaryl/α,β-unsaturated/α-hetero) is 1. The number of hydrogen-bond acceptors (Lipinski definition) is 6. The maximum absolute atomic E-state index is 12.9. The second-order valence-electron chi connectivity index (χ2n) is 7.55. The van der Waals surface area contributed by atoms with Crippen molar-refractivity contribution in [2.75, 3.05) is 7.11 Å². The van der Waals surface area contributed by atoms with Crippen molar-refractivity contribution in [2.24, 2.45) is 0 Å². The summed E-state index contributed by atoms with van der Waals surface area (Å²) in [5, 5.41) is 17.1. The highest BCUT2D eigenvalue weighted by Gasteiger charge is 2.15. The summed E-state index contributed by atoms with van der Waals surface area (Å²) in [4.78, 5) is 12.9. The molecule has 0 saturated heterocycles. The molecule has 0 fully saturated rings. The lowest BCUT2D eigenvalue weighted by Crippen LogP contribution is -2.26. The van der Waals surface area contributed by atoms with Gasteiger partial charge in [0, 0.05) is 11.6 Å². The van der Waals surface area contributed by atoms with E-state index in [1.54, 1.807) is 25.3 Å². The third kappa shape index (κ3) is 4.53. The number of aromatic nitrogens is 4. The Morgan fingerprint density at radius 1 is 1.13 bits per heavy atom. The third-order valence-electron chi connectivity index (χ3n) is 5.10. The summed E-state index contributed by atoms with van der Waals surface area (Å²) in [6.45, 7) is 8.19. The fraction of sp³-hybridized carbons (Fsp3) is 0.455. The first-order chi connectivity index (χ1) is 14.4. The van der Waals surface area contributed by atoms with Gasteiger partial charge in [0.15, 0.2) is 11.4 Å². The van der Waals surface area contributed by atoms with Crippen LogP contribution in [0.25, 0.3) is 5.65 Å². The molecule has 8 nitrogen and oxygen atoms in total. The molecule has 2 heterocycles. The lowest BCUT2D eigenvalue weighted by atomic mass is 9.98. The van der Waals surface area contributed by atoms with Gasteiger partial charge in [0.2, 0.25) is 11.5 Å². The summed E-state index contributed by atoms with van der Waals surface area (Å²) < 4.78 is 13.9. The van der Waals surface area contributed by atoms with Crippen molar-refractivity contribution >= 4 is 11.4 Å². The molecule has 0 spiro atoms. The Balaban J connectivity index is 1.89. The molecule has 3 rings (SSSR count). The molecule has 1 aromatic carbocycles. The van der Waals surface area contributed by atoms with Crippen LogP contribution in [0.1, 0.15) is 62.4 Å². The van der Waals surface area contributed by atoms with Crippen molar-refractivity contribution < 1.29 is 14.3 Å². The van der Waals surface area contributed by atoms with Crippen molar-refractivity contribution in [3.63, 3.8) is 0 Å². The van der Waals surface area contributed by atoms with E-state index in [0.29, 0.717) is 22.8 Å². The quantitative estimate of drug-likeness (QED) is 0.543. The van der Waals surface area contributed by atoms with Crippen molar-refractivity contribution in [3.8, 4) is 11.6 Å². The maximum atomic E-state index is 12.9. The third-order valence-corrected chi connectivity index (χ3v) is 5.10. The normalized spacial score (nSPS) is 11.4. The Morgan fingerprint density at radius 2 is 1.87 bits per heavy atom. The number of rotatable bonds is 9. The monoisotopic (exact) mass is 411 g/mol. The van der Waals surface area contributed by atoms with Gasteiger partial charge in [-0.3, -0.25) is 10.2 Å². The number of carbonyl (C=O) groups excluding carboxylic acids is 1. The molecule has 0 atom stereocenters. The number of nitrogens with one attached hydrogen (secondary N) is 1. The first-order valence-corrected chi connectivity index (χ1v) is 10.3. The molecular formula is C22H29N5O3. The number of methoxy groups -OCH3 is 1. The van der Waals surface area contributed by atoms with E-state index in [1.807, 2.05) is 12.1 Å². The summed E-state index contributed by atoms with van der Waals surface area (Å²) in [5.41, 5.74) is 2.06. The van der Waals surface area contributed by atoms with E-state index in [1.165, 1.54) is 9.20 Å². The van der Waals surface area contributed by atoms with Gasteiger partial charge < -0.3 is 9.47 Å². The number of fused-ring (bicyclic) bond motifs is 1. The van der Waals surface area contributed by atoms with Crippen molar-refractivity contribution in [1.82, 2.24) is 19.4 Å². The summed E-state index contributed by atoms with van der Waals surface area (Å²) >= 11 is 0. The van der Waals surface area contributed by atoms with Crippen molar-refractivity contribution in [3.05, 3.63) is 47.1 Å². The van der Waals surface area contributed by atoms with Gasteiger partial charge in [0.25, 0.3) is 0 Å². The summed E-state index contributed by atoms with van der Waals surface area (Å²) in [6, 6.07) is 9.00. The van der Waals surface area contributed by atoms with Crippen LogP contribution in [0.4, 0.5) is 0 Å². The van der Waals surface area contributed by atoms with Crippen LogP contribution < -0.4 is 15.1 Å². The molecule has 0 aliphatic carbocycles. The van der Waals surface area contributed by atoms with Gasteiger partial charge in [-0.05, 0) is 48.6 Å². The molecule has 160 valence electrons. The van der Waals surface area contributed by atoms with Crippen LogP contribution in [0.3, 0.4) is 0 Å². The van der Waals surface area contributed by atoms with E-state index in [2.05, 4.69) is 37.9 Å². The van der Waals surface area contributed by atoms with Gasteiger partial charge in [-0.25, -0.2) is 4.68 Å². The Bertz CT molecular complexity index is 1100. The average Bonchev–Trinajstić information content (AvgIpc) is 3.06. The lowest BCUT2D eigenvalue weighted by molar-refractivity contribution is 0.0965. The van der Waals surface area contributed by atoms with E-state index in [0.717, 1.165) is 18.4 Å². The number of carbonyl (C=O) groups is 1. The summed E-state index contributed by atoms with van der Waals surface area (Å²) in [7, 11) is 1.58. The number of ether oxygens (including phenoxy) is 2. The predicted octanol–water partition coefficient (Wildman–Crippen LogP) is 3.59. The number of ketones is 1. The van der Waals surface area contributed by atoms with Crippen molar-refractivity contribution in [1.29, 1.82) is 5.41 Å². The highest BCUT2D eigenvalue weighted by molar-refractivity contribution is 5.96. The highest BCUT2D eigenvalue weighted by Crippen LogP contribution is 2.23. The standard InChI is InChI=1S/C22H29N5O3/c1-6-17(7-2)30-21-9-8-20-24-26(22(23)27(20)25-21)13-19(28)16-10-15(14(3)4)11-18(12-16)29-5/h8-12,14,17,23H,6-7,13H2,1-5H3. The zero-order valence-electron chi connectivity index (χ0n) is 18.2. The van der Waals surface area contributed by atoms with Gasteiger partial charge in [-0.1, -0.05) is 27.7 Å². The van der Waals surface area contributed by atoms with Crippen LogP contribution >= 0.6 is 0 Å². The minimum Gasteiger partial charge on any atom is -0.497 e. The molecule has 0 saturated carbocycles. The maximum Gasteiger partial charge on any atom is 0.242 e. The Kier molecular flexibility index (Phi) is 6.54. The second kappa shape index (κ2) is 9.11. The molecule has 3 aromatic rings. The number of benzene rings is 1. The zero-order chi connectivity index (χ0) is 21.8. The molecule has 0 radical (unpaired) electrons. The summed E-state index contributed by atoms with van der Waals surface area (Å²) in [6.07, 6.45) is 1.83. The van der Waals surface area contributed by atoms with Crippen LogP contribution in [-0.4, -0.2) is 38.4 Å². The van der Waals surface area contributed by atoms with Crippen LogP contribution in [0.2, 0.25) is 0 Å². The largest absolute Gasteiger partial charge is 0.497 e. The Morgan fingerprint density at radius 3 is 2.50 bits per heavy atom. The smallest absolute Gasteiger partial charge is 0.242 e. The molecule has 0 aliphatic rings. The van der Waals surface area contributed by atoms with Crippen LogP contribution in [-0.2, 0) is 6.54 Å². The van der Waals surface area contributed by atoms with E-state index in [-0.39, 0.29) is 30.0 Å². The average molecular weight is 412 g/mol. The molecule has 30 heavy (non-hydrogen) atoms. The number of hydrogen-bond donors (Lipinski definition) is 1. The molecular weight excluding hydrogens is 382 g/mol. The van der Waals surface area contributed by atoms with Crippen molar-refractivity contribution in [2.45, 2.75) is 59.1 Å². The van der Waals surface area contributed by atoms with E-state index < -0.39 is 0 Å². The molecule has 8 heteroatoms. The fourth-order valence-corrected chi connectivity index (χ4v) is 3.17. The zero-order valence-corrected chi connectivity index (χ0v) is 18.2. The van der Waals surface area contributed by atoms with Gasteiger partial charge in [0.05, 0.1) is 13.2 Å². The van der Waals surface area contributed by atoms with Crippen LogP contribution in [0, 0.1) is 5.41 Å². The van der Waals surface area contributed by atoms with Gasteiger partial charge in [-0.2, -0.15) is 4.52 Å². The van der Waals surface area contributed by atoms with Gasteiger partial charge in [0.1, 0.15) is 12.3 Å². The second-order valence-corrected chi connectivity index (χ2v) is 7.55. The van der Waals surface area contributed by atoms with Crippen LogP contribution in [0.5, 0.6) is 11.6 Å². The van der Waals surface area contributed by atoms with Crippen LogP contribution in [0.15, 0.2) is 30.3 Å². The lowest BCUT2D eigenvalue weighted by Gasteiger charge is -2.14. The van der Waals surface area contributed by atoms with E-state index in [4.69, 9.17) is 14.9 Å². The fourth-order valence-electron chi connectivity index (χ4n) is 3.17. The van der Waals surface area contributed by atoms with Gasteiger partial charge >= 0.3 is 0 Å². The molecule has 2 aromatic heterocycles. The highest BCUT2D eigenvalue weighted by atomic mass is 16.5. The molecule has 0 amide bonds. The molecule has 1 N–H and O–H groups in total. The minimum atomic E-state index is -0.147. The predicted molar refractivity (Wildman–Crippen MR) is 113 cm³/mol. The molecule has 0 aliphatic heterocycles. The Labute approximate surface area is 176 Å². The van der Waals surface area contributed by atoms with Gasteiger partial charge in [-0.15, -0.1) is 10.2 Å². The SMILES string of the molecule is CCC(CC)Oc1ccc2nn(CC(=O)c3cc(OC)cc(C(C)C)c3)c(=N)n2n1. The van der Waals surface area contributed by atoms with E-state index in [9.17, 15) is 4.79 Å². The first kappa shape index (κ1) is 21.5. The topological polar surface area (TPSA) is 94.5 Å². The molecule has 0 unspecified atom stereocenters. The molecule has 0 bridgehead atoms. The minimum absolute atomic E-state index is 0.0142. The Hall–Kier alpha value is -3.16. The first-order valence-electron chi connectivity index (χ1n) is 10.3. The van der Waals surface area contributed by atoms with E-state index >= 15 is 0 Å². The summed E-state index contributed by atoms with van der Waals surface area (Å²) in [5.74, 6) is 1.19.